The third-order valence-corrected chi connectivity index (χ3v) is 3.40. The molecule has 2 heterocycles. The average molecular weight is 283 g/mol. The van der Waals surface area contributed by atoms with Gasteiger partial charge >= 0.3 is 0 Å². The monoisotopic (exact) mass is 283 g/mol. The van der Waals surface area contributed by atoms with Crippen LogP contribution in [0.3, 0.4) is 0 Å². The van der Waals surface area contributed by atoms with Crippen LogP contribution in [-0.2, 0) is 0 Å². The van der Waals surface area contributed by atoms with Crippen LogP contribution in [0.4, 0.5) is 5.69 Å². The first-order valence-corrected chi connectivity index (χ1v) is 6.78. The lowest BCUT2D eigenvalue weighted by atomic mass is 10.1. The number of amides is 1. The molecule has 2 aromatic rings. The fourth-order valence-corrected chi connectivity index (χ4v) is 2.31. The maximum absolute atomic E-state index is 12.0. The van der Waals surface area contributed by atoms with Crippen molar-refractivity contribution in [3.8, 4) is 0 Å². The van der Waals surface area contributed by atoms with E-state index in [0.717, 1.165) is 23.8 Å². The Morgan fingerprint density at radius 2 is 2.24 bits per heavy atom. The molecule has 21 heavy (non-hydrogen) atoms. The lowest BCUT2D eigenvalue weighted by Crippen LogP contribution is -2.24. The van der Waals surface area contributed by atoms with Crippen LogP contribution < -0.4 is 16.0 Å². The zero-order chi connectivity index (χ0) is 14.7. The Bertz CT molecular complexity index is 662. The largest absolute Gasteiger partial charge is 0.357 e. The van der Waals surface area contributed by atoms with E-state index in [1.165, 1.54) is 0 Å². The summed E-state index contributed by atoms with van der Waals surface area (Å²) in [5, 5.41) is 9.35. The summed E-state index contributed by atoms with van der Waals surface area (Å²) in [6.07, 6.45) is 1.73. The molecule has 0 bridgehead atoms. The molecule has 6 nitrogen and oxygen atoms in total. The number of aliphatic imine (C=N–C) groups is 1. The highest BCUT2D eigenvalue weighted by Crippen LogP contribution is 2.19. The van der Waals surface area contributed by atoms with Gasteiger partial charge in [0.1, 0.15) is 5.69 Å². The van der Waals surface area contributed by atoms with E-state index in [2.05, 4.69) is 25.9 Å². The molecule has 1 aliphatic heterocycles. The minimum absolute atomic E-state index is 0.148. The molecule has 6 heteroatoms. The lowest BCUT2D eigenvalue weighted by Gasteiger charge is -2.12. The van der Waals surface area contributed by atoms with E-state index in [0.29, 0.717) is 5.69 Å². The van der Waals surface area contributed by atoms with Crippen molar-refractivity contribution in [3.05, 3.63) is 53.9 Å². The quantitative estimate of drug-likeness (QED) is 0.689. The van der Waals surface area contributed by atoms with Crippen LogP contribution in [0.15, 0.2) is 47.6 Å². The molecule has 1 saturated heterocycles. The number of guanidine groups is 1. The van der Waals surface area contributed by atoms with Gasteiger partial charge in [-0.2, -0.15) is 0 Å². The molecule has 1 fully saturated rings. The Balaban J connectivity index is 1.73. The van der Waals surface area contributed by atoms with Crippen LogP contribution >= 0.6 is 0 Å². The Kier molecular flexibility index (Phi) is 3.59. The standard InChI is InChI=1S/C15H17N5O/c1-16-15-18-9-13(20-15)10-4-2-5-11(8-10)19-14(21)12-6-3-7-17-12/h2-8,13,17H,9H2,1H3,(H,19,21)(H2,16,18,20). The van der Waals surface area contributed by atoms with Gasteiger partial charge in [-0.25, -0.2) is 0 Å². The lowest BCUT2D eigenvalue weighted by molar-refractivity contribution is 0.102. The number of carbonyl (C=O) groups excluding carboxylic acids is 1. The second kappa shape index (κ2) is 5.70. The van der Waals surface area contributed by atoms with Crippen molar-refractivity contribution < 1.29 is 4.79 Å². The highest BCUT2D eigenvalue weighted by atomic mass is 16.1. The van der Waals surface area contributed by atoms with E-state index in [-0.39, 0.29) is 11.9 Å². The van der Waals surface area contributed by atoms with Crippen molar-refractivity contribution in [2.75, 3.05) is 18.9 Å². The molecular formula is C15H17N5O. The molecule has 1 aromatic heterocycles. The molecule has 0 radical (unpaired) electrons. The van der Waals surface area contributed by atoms with E-state index >= 15 is 0 Å². The van der Waals surface area contributed by atoms with Gasteiger partial charge in [-0.3, -0.25) is 9.79 Å². The molecule has 0 saturated carbocycles. The summed E-state index contributed by atoms with van der Waals surface area (Å²) in [6.45, 7) is 0.778. The summed E-state index contributed by atoms with van der Waals surface area (Å²) in [5.74, 6) is 0.645. The number of benzene rings is 1. The molecule has 1 aromatic carbocycles. The van der Waals surface area contributed by atoms with Gasteiger partial charge in [-0.1, -0.05) is 12.1 Å². The molecule has 108 valence electrons. The van der Waals surface area contributed by atoms with Gasteiger partial charge in [-0.05, 0) is 29.8 Å². The average Bonchev–Trinajstić information content (AvgIpc) is 3.19. The minimum Gasteiger partial charge on any atom is -0.357 e. The van der Waals surface area contributed by atoms with Gasteiger partial charge in [0.25, 0.3) is 5.91 Å². The molecule has 1 aliphatic rings. The Morgan fingerprint density at radius 1 is 1.33 bits per heavy atom. The summed E-state index contributed by atoms with van der Waals surface area (Å²) in [6, 6.07) is 11.5. The molecule has 4 N–H and O–H groups in total. The number of nitrogens with one attached hydrogen (secondary N) is 4. The van der Waals surface area contributed by atoms with Gasteiger partial charge in [0.15, 0.2) is 5.96 Å². The maximum Gasteiger partial charge on any atom is 0.272 e. The van der Waals surface area contributed by atoms with Crippen LogP contribution in [0.2, 0.25) is 0 Å². The minimum atomic E-state index is -0.148. The van der Waals surface area contributed by atoms with Crippen LogP contribution in [0.1, 0.15) is 22.1 Å². The summed E-state index contributed by atoms with van der Waals surface area (Å²) in [4.78, 5) is 19.0. The molecule has 0 aliphatic carbocycles. The van der Waals surface area contributed by atoms with Gasteiger partial charge in [0.05, 0.1) is 6.04 Å². The van der Waals surface area contributed by atoms with Crippen LogP contribution in [0.25, 0.3) is 0 Å². The predicted molar refractivity (Wildman–Crippen MR) is 82.4 cm³/mol. The number of hydrogen-bond donors (Lipinski definition) is 4. The van der Waals surface area contributed by atoms with Gasteiger partial charge in [0.2, 0.25) is 0 Å². The topological polar surface area (TPSA) is 81.3 Å². The summed E-state index contributed by atoms with van der Waals surface area (Å²) >= 11 is 0. The van der Waals surface area contributed by atoms with Crippen molar-refractivity contribution in [2.45, 2.75) is 6.04 Å². The van der Waals surface area contributed by atoms with E-state index in [1.807, 2.05) is 24.3 Å². The summed E-state index contributed by atoms with van der Waals surface area (Å²) in [5.41, 5.74) is 2.42. The van der Waals surface area contributed by atoms with Crippen molar-refractivity contribution in [3.63, 3.8) is 0 Å². The van der Waals surface area contributed by atoms with E-state index in [9.17, 15) is 4.79 Å². The Labute approximate surface area is 122 Å². The van der Waals surface area contributed by atoms with Gasteiger partial charge < -0.3 is 20.9 Å². The second-order valence-corrected chi connectivity index (χ2v) is 4.81. The third-order valence-electron chi connectivity index (χ3n) is 3.40. The number of H-pyrrole nitrogens is 1. The number of nitrogens with zero attached hydrogens (tertiary/aromatic N) is 1. The number of hydrogen-bond acceptors (Lipinski definition) is 2. The van der Waals surface area contributed by atoms with Crippen molar-refractivity contribution >= 4 is 17.6 Å². The predicted octanol–water partition coefficient (Wildman–Crippen LogP) is 1.49. The van der Waals surface area contributed by atoms with Crippen molar-refractivity contribution in [1.29, 1.82) is 0 Å². The summed E-state index contributed by atoms with van der Waals surface area (Å²) in [7, 11) is 1.74. The van der Waals surface area contributed by atoms with Crippen molar-refractivity contribution in [1.82, 2.24) is 15.6 Å². The van der Waals surface area contributed by atoms with Crippen molar-refractivity contribution in [2.24, 2.45) is 4.99 Å². The normalized spacial score (nSPS) is 19.1. The van der Waals surface area contributed by atoms with Gasteiger partial charge in [0, 0.05) is 25.5 Å². The zero-order valence-corrected chi connectivity index (χ0v) is 11.7. The smallest absolute Gasteiger partial charge is 0.272 e. The molecule has 1 amide bonds. The van der Waals surface area contributed by atoms with E-state index < -0.39 is 0 Å². The first-order chi connectivity index (χ1) is 10.3. The highest BCUT2D eigenvalue weighted by molar-refractivity contribution is 6.02. The third kappa shape index (κ3) is 2.89. The highest BCUT2D eigenvalue weighted by Gasteiger charge is 2.20. The number of aromatic nitrogens is 1. The Hall–Kier alpha value is -2.76. The maximum atomic E-state index is 12.0. The van der Waals surface area contributed by atoms with Crippen LogP contribution in [0.5, 0.6) is 0 Å². The first-order valence-electron chi connectivity index (χ1n) is 6.78. The molecular weight excluding hydrogens is 266 g/mol. The number of rotatable bonds is 3. The van der Waals surface area contributed by atoms with E-state index in [4.69, 9.17) is 0 Å². The second-order valence-electron chi connectivity index (χ2n) is 4.81. The fraction of sp³-hybridized carbons (Fsp3) is 0.200. The molecule has 3 rings (SSSR count). The van der Waals surface area contributed by atoms with Crippen LogP contribution in [0, 0.1) is 0 Å². The van der Waals surface area contributed by atoms with Gasteiger partial charge in [-0.15, -0.1) is 0 Å². The molecule has 1 atom stereocenters. The SMILES string of the molecule is CN=C1NCC(c2cccc(NC(=O)c3ccc[nH]3)c2)N1. The zero-order valence-electron chi connectivity index (χ0n) is 11.7. The number of aromatic amines is 1. The molecule has 1 unspecified atom stereocenters. The fourth-order valence-electron chi connectivity index (χ4n) is 2.31. The Morgan fingerprint density at radius 3 is 2.95 bits per heavy atom. The van der Waals surface area contributed by atoms with Crippen LogP contribution in [-0.4, -0.2) is 30.4 Å². The summed E-state index contributed by atoms with van der Waals surface area (Å²) < 4.78 is 0. The molecule has 0 spiro atoms. The number of carbonyl (C=O) groups is 1. The first kappa shape index (κ1) is 13.2. The van der Waals surface area contributed by atoms with E-state index in [1.54, 1.807) is 25.4 Å². The number of anilines is 1.